The molecule has 0 atom stereocenters. The molecule has 0 fully saturated rings. The molecule has 0 aliphatic carbocycles. The van der Waals surface area contributed by atoms with Gasteiger partial charge < -0.3 is 5.32 Å². The lowest BCUT2D eigenvalue weighted by molar-refractivity contribution is 0.0953. The molecule has 2 rings (SSSR count). The van der Waals surface area contributed by atoms with Gasteiger partial charge in [0.1, 0.15) is 0 Å². The molecule has 27 heavy (non-hydrogen) atoms. The van der Waals surface area contributed by atoms with Gasteiger partial charge in [0.15, 0.2) is 0 Å². The number of carbonyl (C=O) groups is 1. The van der Waals surface area contributed by atoms with E-state index in [-0.39, 0.29) is 16.2 Å². The molecular formula is C21H28N2O3S. The highest BCUT2D eigenvalue weighted by Crippen LogP contribution is 2.28. The van der Waals surface area contributed by atoms with Crippen LogP contribution in [0.4, 0.5) is 5.69 Å². The first-order valence-corrected chi connectivity index (χ1v) is 10.5. The third kappa shape index (κ3) is 5.32. The zero-order valence-electron chi connectivity index (χ0n) is 16.6. The van der Waals surface area contributed by atoms with Gasteiger partial charge >= 0.3 is 0 Å². The zero-order valence-corrected chi connectivity index (χ0v) is 17.4. The number of nitrogens with one attached hydrogen (secondary N) is 2. The highest BCUT2D eigenvalue weighted by molar-refractivity contribution is 7.92. The Bertz CT molecular complexity index is 929. The van der Waals surface area contributed by atoms with E-state index in [0.29, 0.717) is 23.4 Å². The molecule has 6 heteroatoms. The molecule has 5 nitrogen and oxygen atoms in total. The fraction of sp³-hybridized carbons (Fsp3) is 0.381. The molecule has 0 aliphatic rings. The van der Waals surface area contributed by atoms with E-state index >= 15 is 0 Å². The first kappa shape index (κ1) is 21.0. The molecule has 0 spiro atoms. The van der Waals surface area contributed by atoms with Crippen LogP contribution in [-0.4, -0.2) is 20.9 Å². The van der Waals surface area contributed by atoms with Crippen molar-refractivity contribution in [2.75, 3.05) is 11.3 Å². The van der Waals surface area contributed by atoms with Crippen LogP contribution in [-0.2, 0) is 15.4 Å². The normalized spacial score (nSPS) is 11.9. The van der Waals surface area contributed by atoms with E-state index in [0.717, 1.165) is 12.0 Å². The number of hydrogen-bond donors (Lipinski definition) is 2. The van der Waals surface area contributed by atoms with Crippen molar-refractivity contribution in [1.29, 1.82) is 0 Å². The second-order valence-electron chi connectivity index (χ2n) is 7.67. The standard InChI is InChI=1S/C21H28N2O3S/c1-6-12-22-20(24)16-8-7-9-18(13-16)23-27(25,26)19-14-17(21(3,4)5)11-10-15(19)2/h7-11,13-14,23H,6,12H2,1-5H3,(H,22,24). The number of aryl methyl sites for hydroxylation is 1. The summed E-state index contributed by atoms with van der Waals surface area (Å²) in [5.41, 5.74) is 2.24. The van der Waals surface area contributed by atoms with Gasteiger partial charge in [0.2, 0.25) is 0 Å². The predicted molar refractivity (Wildman–Crippen MR) is 110 cm³/mol. The second-order valence-corrected chi connectivity index (χ2v) is 9.32. The molecule has 0 aromatic heterocycles. The third-order valence-electron chi connectivity index (χ3n) is 4.26. The van der Waals surface area contributed by atoms with Crippen molar-refractivity contribution in [3.63, 3.8) is 0 Å². The minimum Gasteiger partial charge on any atom is -0.352 e. The van der Waals surface area contributed by atoms with Gasteiger partial charge in [0.25, 0.3) is 15.9 Å². The van der Waals surface area contributed by atoms with E-state index in [9.17, 15) is 13.2 Å². The number of anilines is 1. The lowest BCUT2D eigenvalue weighted by Gasteiger charge is -2.21. The molecule has 0 saturated heterocycles. The van der Waals surface area contributed by atoms with Crippen LogP contribution in [0, 0.1) is 6.92 Å². The van der Waals surface area contributed by atoms with Gasteiger partial charge in [-0.3, -0.25) is 9.52 Å². The Hall–Kier alpha value is -2.34. The number of benzene rings is 2. The van der Waals surface area contributed by atoms with E-state index in [1.54, 1.807) is 37.3 Å². The first-order chi connectivity index (χ1) is 12.5. The molecule has 2 N–H and O–H groups in total. The van der Waals surface area contributed by atoms with Crippen molar-refractivity contribution in [3.05, 3.63) is 59.2 Å². The highest BCUT2D eigenvalue weighted by Gasteiger charge is 2.22. The topological polar surface area (TPSA) is 75.3 Å². The van der Waals surface area contributed by atoms with Crippen molar-refractivity contribution >= 4 is 21.6 Å². The molecular weight excluding hydrogens is 360 g/mol. The number of rotatable bonds is 6. The molecule has 0 saturated carbocycles. The lowest BCUT2D eigenvalue weighted by Crippen LogP contribution is -2.24. The quantitative estimate of drug-likeness (QED) is 0.777. The van der Waals surface area contributed by atoms with Crippen molar-refractivity contribution < 1.29 is 13.2 Å². The Kier molecular flexibility index (Phi) is 6.31. The summed E-state index contributed by atoms with van der Waals surface area (Å²) >= 11 is 0. The monoisotopic (exact) mass is 388 g/mol. The van der Waals surface area contributed by atoms with Crippen LogP contribution in [0.2, 0.25) is 0 Å². The summed E-state index contributed by atoms with van der Waals surface area (Å²) in [6.45, 7) is 10.4. The van der Waals surface area contributed by atoms with Crippen LogP contribution >= 0.6 is 0 Å². The molecule has 0 bridgehead atoms. The maximum atomic E-state index is 12.9. The maximum absolute atomic E-state index is 12.9. The van der Waals surface area contributed by atoms with Crippen LogP contribution in [0.15, 0.2) is 47.4 Å². The summed E-state index contributed by atoms with van der Waals surface area (Å²) in [6.07, 6.45) is 0.835. The smallest absolute Gasteiger partial charge is 0.262 e. The molecule has 0 heterocycles. The van der Waals surface area contributed by atoms with Gasteiger partial charge in [0.05, 0.1) is 4.90 Å². The average molecular weight is 389 g/mol. The van der Waals surface area contributed by atoms with Crippen molar-refractivity contribution in [2.24, 2.45) is 0 Å². The Morgan fingerprint density at radius 1 is 1.07 bits per heavy atom. The van der Waals surface area contributed by atoms with Crippen LogP contribution in [0.3, 0.4) is 0 Å². The summed E-state index contributed by atoms with van der Waals surface area (Å²) in [6, 6.07) is 12.0. The summed E-state index contributed by atoms with van der Waals surface area (Å²) < 4.78 is 28.5. The van der Waals surface area contributed by atoms with Crippen LogP contribution in [0.5, 0.6) is 0 Å². The molecule has 2 aromatic carbocycles. The van der Waals surface area contributed by atoms with Gasteiger partial charge in [0, 0.05) is 17.8 Å². The molecule has 0 unspecified atom stereocenters. The van der Waals surface area contributed by atoms with E-state index in [1.165, 1.54) is 0 Å². The number of carbonyl (C=O) groups excluding carboxylic acids is 1. The molecule has 0 aliphatic heterocycles. The van der Waals surface area contributed by atoms with E-state index in [2.05, 4.69) is 10.0 Å². The average Bonchev–Trinajstić information content (AvgIpc) is 2.58. The van der Waals surface area contributed by atoms with E-state index in [4.69, 9.17) is 0 Å². The minimum absolute atomic E-state index is 0.157. The van der Waals surface area contributed by atoms with Crippen LogP contribution < -0.4 is 10.0 Å². The predicted octanol–water partition coefficient (Wildman–Crippen LogP) is 4.23. The Morgan fingerprint density at radius 3 is 2.41 bits per heavy atom. The van der Waals surface area contributed by atoms with Crippen molar-refractivity contribution in [1.82, 2.24) is 5.32 Å². The lowest BCUT2D eigenvalue weighted by atomic mass is 9.87. The van der Waals surface area contributed by atoms with Crippen LogP contribution in [0.1, 0.15) is 55.6 Å². The minimum atomic E-state index is -3.77. The van der Waals surface area contributed by atoms with Gasteiger partial charge in [-0.25, -0.2) is 8.42 Å². The fourth-order valence-corrected chi connectivity index (χ4v) is 3.95. The second kappa shape index (κ2) is 8.13. The number of hydrogen-bond acceptors (Lipinski definition) is 3. The molecule has 1 amide bonds. The summed E-state index contributed by atoms with van der Waals surface area (Å²) in [5.74, 6) is -0.219. The molecule has 146 valence electrons. The summed E-state index contributed by atoms with van der Waals surface area (Å²) in [7, 11) is -3.77. The van der Waals surface area contributed by atoms with Crippen molar-refractivity contribution in [3.8, 4) is 0 Å². The summed E-state index contributed by atoms with van der Waals surface area (Å²) in [4.78, 5) is 12.4. The largest absolute Gasteiger partial charge is 0.352 e. The first-order valence-electron chi connectivity index (χ1n) is 9.07. The SMILES string of the molecule is CCCNC(=O)c1cccc(NS(=O)(=O)c2cc(C(C)(C)C)ccc2C)c1. The zero-order chi connectivity index (χ0) is 20.2. The Morgan fingerprint density at radius 2 is 1.78 bits per heavy atom. The highest BCUT2D eigenvalue weighted by atomic mass is 32.2. The Balaban J connectivity index is 2.33. The van der Waals surface area contributed by atoms with Gasteiger partial charge in [-0.05, 0) is 54.2 Å². The third-order valence-corrected chi connectivity index (χ3v) is 5.78. The van der Waals surface area contributed by atoms with E-state index < -0.39 is 10.0 Å². The summed E-state index contributed by atoms with van der Waals surface area (Å²) in [5, 5.41) is 2.79. The van der Waals surface area contributed by atoms with Crippen LogP contribution in [0.25, 0.3) is 0 Å². The van der Waals surface area contributed by atoms with Crippen molar-refractivity contribution in [2.45, 2.75) is 51.3 Å². The fourth-order valence-electron chi connectivity index (χ4n) is 2.63. The molecule has 2 aromatic rings. The van der Waals surface area contributed by atoms with Gasteiger partial charge in [-0.1, -0.05) is 45.9 Å². The van der Waals surface area contributed by atoms with Gasteiger partial charge in [-0.15, -0.1) is 0 Å². The van der Waals surface area contributed by atoms with E-state index in [1.807, 2.05) is 39.8 Å². The van der Waals surface area contributed by atoms with Gasteiger partial charge in [-0.2, -0.15) is 0 Å². The Labute approximate surface area is 162 Å². The number of sulfonamides is 1. The maximum Gasteiger partial charge on any atom is 0.262 e. The number of amides is 1. The molecule has 0 radical (unpaired) electrons.